The number of hydrazine groups is 2. The van der Waals surface area contributed by atoms with Gasteiger partial charge in [-0.05, 0) is 81.1 Å². The summed E-state index contributed by atoms with van der Waals surface area (Å²) >= 11 is 0. The van der Waals surface area contributed by atoms with Gasteiger partial charge in [0.05, 0.1) is 37.5 Å². The van der Waals surface area contributed by atoms with Crippen LogP contribution in [-0.2, 0) is 23.7 Å². The Hall–Kier alpha value is -1.66. The number of ether oxygens (including phenoxy) is 5. The van der Waals surface area contributed by atoms with Gasteiger partial charge in [-0.3, -0.25) is 10.9 Å². The van der Waals surface area contributed by atoms with Gasteiger partial charge in [0.1, 0.15) is 11.2 Å². The number of nitrogens with one attached hydrogen (secondary N) is 2. The first kappa shape index (κ1) is 31.6. The molecule has 4 aliphatic heterocycles. The minimum absolute atomic E-state index is 0.0695. The van der Waals surface area contributed by atoms with Crippen LogP contribution < -0.4 is 10.9 Å². The fraction of sp³-hybridized carbons (Fsp3) is 0.923. The molecule has 4 bridgehead atoms. The second-order valence-corrected chi connectivity index (χ2v) is 11.6. The van der Waals surface area contributed by atoms with Crippen molar-refractivity contribution in [3.63, 3.8) is 0 Å². The van der Waals surface area contributed by atoms with Crippen molar-refractivity contribution >= 4 is 12.2 Å². The maximum Gasteiger partial charge on any atom is 0.429 e. The van der Waals surface area contributed by atoms with Crippen LogP contribution in [0.15, 0.2) is 0 Å². The van der Waals surface area contributed by atoms with E-state index >= 15 is 0 Å². The van der Waals surface area contributed by atoms with E-state index in [2.05, 4.69) is 10.9 Å². The maximum absolute atomic E-state index is 12.5. The van der Waals surface area contributed by atoms with E-state index in [4.69, 9.17) is 23.7 Å². The van der Waals surface area contributed by atoms with Crippen molar-refractivity contribution in [1.29, 1.82) is 0 Å². The average Bonchev–Trinajstić information content (AvgIpc) is 3.26. The number of fused-ring (bicyclic) bond motifs is 4. The van der Waals surface area contributed by atoms with E-state index in [1.165, 1.54) is 22.9 Å². The molecule has 4 atom stereocenters. The molecule has 2 N–H and O–H groups in total. The minimum atomic E-state index is -0.636. The summed E-state index contributed by atoms with van der Waals surface area (Å²) in [5, 5.41) is 2.65. The van der Waals surface area contributed by atoms with Crippen molar-refractivity contribution < 1.29 is 33.3 Å². The van der Waals surface area contributed by atoms with Crippen LogP contribution in [0.1, 0.15) is 81.1 Å². The van der Waals surface area contributed by atoms with Gasteiger partial charge < -0.3 is 23.7 Å². The molecule has 216 valence electrons. The molecule has 4 aliphatic rings. The third kappa shape index (κ3) is 11.7. The molecule has 2 amide bonds. The Labute approximate surface area is 222 Å². The fourth-order valence-corrected chi connectivity index (χ4v) is 4.26. The number of carbonyl (C=O) groups excluding carboxylic acids is 2. The Kier molecular flexibility index (Phi) is 12.4. The summed E-state index contributed by atoms with van der Waals surface area (Å²) in [7, 11) is 0. The van der Waals surface area contributed by atoms with Gasteiger partial charge in [-0.25, -0.2) is 19.6 Å². The lowest BCUT2D eigenvalue weighted by molar-refractivity contribution is -0.0628. The molecule has 37 heavy (non-hydrogen) atoms. The summed E-state index contributed by atoms with van der Waals surface area (Å²) in [5.74, 6) is 0. The van der Waals surface area contributed by atoms with Gasteiger partial charge >= 0.3 is 12.2 Å². The first-order chi connectivity index (χ1) is 17.3. The first-order valence-corrected chi connectivity index (χ1v) is 13.7. The van der Waals surface area contributed by atoms with Crippen LogP contribution in [0, 0.1) is 0 Å². The molecule has 4 unspecified atom stereocenters. The number of amides is 2. The van der Waals surface area contributed by atoms with Crippen LogP contribution in [0.5, 0.6) is 0 Å². The third-order valence-corrected chi connectivity index (χ3v) is 5.84. The first-order valence-electron chi connectivity index (χ1n) is 13.7. The lowest BCUT2D eigenvalue weighted by Crippen LogP contribution is -2.55. The predicted octanol–water partition coefficient (Wildman–Crippen LogP) is 3.62. The van der Waals surface area contributed by atoms with Gasteiger partial charge in [-0.2, -0.15) is 0 Å². The number of hydrogen-bond donors (Lipinski definition) is 2. The van der Waals surface area contributed by atoms with Gasteiger partial charge in [-0.15, -0.1) is 0 Å². The summed E-state index contributed by atoms with van der Waals surface area (Å²) in [5.41, 5.74) is 4.94. The molecule has 0 radical (unpaired) electrons. The highest BCUT2D eigenvalue weighted by atomic mass is 16.6. The molecule has 4 saturated heterocycles. The van der Waals surface area contributed by atoms with Gasteiger partial charge in [0.2, 0.25) is 0 Å². The summed E-state index contributed by atoms with van der Waals surface area (Å²) in [6.07, 6.45) is 3.94. The molecule has 0 aliphatic carbocycles. The van der Waals surface area contributed by atoms with Gasteiger partial charge in [0.15, 0.2) is 0 Å². The minimum Gasteiger partial charge on any atom is -0.442 e. The Balaban J connectivity index is 0.000000278. The van der Waals surface area contributed by atoms with Crippen molar-refractivity contribution in [1.82, 2.24) is 20.9 Å². The van der Waals surface area contributed by atoms with Crippen LogP contribution in [0.4, 0.5) is 9.59 Å². The van der Waals surface area contributed by atoms with Crippen LogP contribution in [0.3, 0.4) is 0 Å². The van der Waals surface area contributed by atoms with Crippen molar-refractivity contribution in [2.45, 2.75) is 117 Å². The average molecular weight is 531 g/mol. The standard InChI is InChI=1S/C16H28N2O5.C6H12N2O.C4H10O/c1-15(2,3)22-13(19)17-9-11-7-8-12(21-11)10-18(17)14(20)23-16(4,5)6;1-2-6-4-8-7-3-5(1)9-6;1-3-5-4-2/h11-12H,7-10H2,1-6H3;5-8H,1-4H2;3-4H2,1-2H3. The van der Waals surface area contributed by atoms with Crippen molar-refractivity contribution in [2.24, 2.45) is 0 Å². The molecule has 11 heteroatoms. The number of nitrogens with zero attached hydrogens (tertiary/aromatic N) is 2. The molecule has 0 aromatic carbocycles. The number of carbonyl (C=O) groups is 2. The zero-order valence-corrected chi connectivity index (χ0v) is 24.1. The molecule has 4 rings (SSSR count). The van der Waals surface area contributed by atoms with E-state index in [1.807, 2.05) is 13.8 Å². The number of hydrogen-bond acceptors (Lipinski definition) is 9. The third-order valence-electron chi connectivity index (χ3n) is 5.84. The van der Waals surface area contributed by atoms with E-state index in [0.717, 1.165) is 39.1 Å². The van der Waals surface area contributed by atoms with Gasteiger partial charge in [0.25, 0.3) is 0 Å². The van der Waals surface area contributed by atoms with Crippen LogP contribution >= 0.6 is 0 Å². The quantitative estimate of drug-likeness (QED) is 0.553. The molecule has 0 saturated carbocycles. The molecule has 0 spiro atoms. The zero-order chi connectivity index (χ0) is 27.6. The van der Waals surface area contributed by atoms with E-state index in [0.29, 0.717) is 25.3 Å². The highest BCUT2D eigenvalue weighted by molar-refractivity contribution is 5.75. The summed E-state index contributed by atoms with van der Waals surface area (Å²) in [6, 6.07) is 0. The van der Waals surface area contributed by atoms with E-state index < -0.39 is 23.4 Å². The SMILES string of the molecule is C1CC2CNNCC1O2.CC(C)(C)OC(=O)N1CC2CCC(CN1C(=O)OC(C)(C)C)O2.CCOCC. The second-order valence-electron chi connectivity index (χ2n) is 11.6. The summed E-state index contributed by atoms with van der Waals surface area (Å²) in [4.78, 5) is 25.0. The molecular formula is C26H50N4O7. The predicted molar refractivity (Wildman–Crippen MR) is 140 cm³/mol. The molecule has 11 nitrogen and oxygen atoms in total. The molecular weight excluding hydrogens is 480 g/mol. The molecule has 4 fully saturated rings. The Bertz CT molecular complexity index is 654. The smallest absolute Gasteiger partial charge is 0.429 e. The summed E-state index contributed by atoms with van der Waals surface area (Å²) in [6.45, 7) is 19.0. The fourth-order valence-electron chi connectivity index (χ4n) is 4.26. The van der Waals surface area contributed by atoms with Gasteiger partial charge in [0, 0.05) is 26.3 Å². The number of rotatable bonds is 2. The highest BCUT2D eigenvalue weighted by Gasteiger charge is 2.42. The van der Waals surface area contributed by atoms with Crippen molar-refractivity contribution in [3.05, 3.63) is 0 Å². The van der Waals surface area contributed by atoms with Crippen LogP contribution in [-0.4, -0.2) is 97.2 Å². The Morgan fingerprint density at radius 3 is 1.38 bits per heavy atom. The normalized spacial score (nSPS) is 27.1. The maximum atomic E-state index is 12.5. The van der Waals surface area contributed by atoms with Crippen molar-refractivity contribution in [3.8, 4) is 0 Å². The largest absolute Gasteiger partial charge is 0.442 e. The molecule has 0 aromatic rings. The summed E-state index contributed by atoms with van der Waals surface area (Å²) < 4.78 is 27.1. The monoisotopic (exact) mass is 530 g/mol. The van der Waals surface area contributed by atoms with Crippen LogP contribution in [0.25, 0.3) is 0 Å². The molecule has 0 aromatic heterocycles. The second kappa shape index (κ2) is 14.5. The topological polar surface area (TPSA) is 111 Å². The lowest BCUT2D eigenvalue weighted by atomic mass is 10.1. The van der Waals surface area contributed by atoms with Gasteiger partial charge in [-0.1, -0.05) is 0 Å². The van der Waals surface area contributed by atoms with Crippen molar-refractivity contribution in [2.75, 3.05) is 39.4 Å². The highest BCUT2D eigenvalue weighted by Crippen LogP contribution is 2.28. The Morgan fingerprint density at radius 2 is 1.05 bits per heavy atom. The lowest BCUT2D eigenvalue weighted by Gasteiger charge is -2.36. The molecule has 4 heterocycles. The zero-order valence-electron chi connectivity index (χ0n) is 24.1. The Morgan fingerprint density at radius 1 is 0.703 bits per heavy atom. The van der Waals surface area contributed by atoms with E-state index in [1.54, 1.807) is 41.5 Å². The van der Waals surface area contributed by atoms with E-state index in [9.17, 15) is 9.59 Å². The van der Waals surface area contributed by atoms with Crippen LogP contribution in [0.2, 0.25) is 0 Å². The van der Waals surface area contributed by atoms with E-state index in [-0.39, 0.29) is 12.2 Å².